The van der Waals surface area contributed by atoms with E-state index in [0.717, 1.165) is 12.0 Å². The van der Waals surface area contributed by atoms with Crippen LogP contribution in [-0.4, -0.2) is 18.6 Å². The third-order valence-corrected chi connectivity index (χ3v) is 3.44. The van der Waals surface area contributed by atoms with Crippen LogP contribution in [0.1, 0.15) is 51.0 Å². The van der Waals surface area contributed by atoms with E-state index in [1.807, 2.05) is 6.07 Å². The summed E-state index contributed by atoms with van der Waals surface area (Å²) < 4.78 is 5.59. The Labute approximate surface area is 126 Å². The fourth-order valence-electron chi connectivity index (χ4n) is 2.20. The summed E-state index contributed by atoms with van der Waals surface area (Å²) in [7, 11) is 1.68. The van der Waals surface area contributed by atoms with Crippen LogP contribution >= 0.6 is 0 Å². The molecule has 118 valence electrons. The molecule has 21 heavy (non-hydrogen) atoms. The van der Waals surface area contributed by atoms with Crippen LogP contribution in [0.2, 0.25) is 0 Å². The highest BCUT2D eigenvalue weighted by molar-refractivity contribution is 5.62. The van der Waals surface area contributed by atoms with Crippen LogP contribution in [-0.2, 0) is 11.3 Å². The van der Waals surface area contributed by atoms with Gasteiger partial charge < -0.3 is 10.1 Å². The standard InChI is InChI=1S/C16H26N2O3/c1-3-4-5-6-7-8-11-21-13-14-9-10-15(17-2)16(12-14)18(19)20/h9-10,12,17H,3-8,11,13H2,1-2H3. The summed E-state index contributed by atoms with van der Waals surface area (Å²) in [5.41, 5.74) is 1.46. The first-order chi connectivity index (χ1) is 10.2. The molecule has 0 aliphatic heterocycles. The summed E-state index contributed by atoms with van der Waals surface area (Å²) in [4.78, 5) is 10.6. The molecule has 0 atom stereocenters. The third kappa shape index (κ3) is 6.58. The number of anilines is 1. The van der Waals surface area contributed by atoms with E-state index in [1.54, 1.807) is 19.2 Å². The van der Waals surface area contributed by atoms with Gasteiger partial charge in [-0.1, -0.05) is 45.1 Å². The van der Waals surface area contributed by atoms with Gasteiger partial charge in [-0.25, -0.2) is 0 Å². The molecular formula is C16H26N2O3. The predicted molar refractivity (Wildman–Crippen MR) is 85.7 cm³/mol. The van der Waals surface area contributed by atoms with Crippen molar-refractivity contribution in [1.82, 2.24) is 0 Å². The van der Waals surface area contributed by atoms with Crippen molar-refractivity contribution in [1.29, 1.82) is 0 Å². The van der Waals surface area contributed by atoms with Crippen LogP contribution in [0, 0.1) is 10.1 Å². The maximum atomic E-state index is 11.0. The van der Waals surface area contributed by atoms with Crippen molar-refractivity contribution in [3.63, 3.8) is 0 Å². The van der Waals surface area contributed by atoms with Crippen molar-refractivity contribution in [2.24, 2.45) is 0 Å². The van der Waals surface area contributed by atoms with Gasteiger partial charge in [0, 0.05) is 19.7 Å². The number of unbranched alkanes of at least 4 members (excludes halogenated alkanes) is 5. The zero-order valence-electron chi connectivity index (χ0n) is 13.1. The molecule has 0 aliphatic rings. The Bertz CT molecular complexity index is 436. The van der Waals surface area contributed by atoms with Gasteiger partial charge in [-0.2, -0.15) is 0 Å². The summed E-state index contributed by atoms with van der Waals surface area (Å²) in [5.74, 6) is 0. The molecule has 0 fully saturated rings. The van der Waals surface area contributed by atoms with Gasteiger partial charge in [0.1, 0.15) is 5.69 Å². The lowest BCUT2D eigenvalue weighted by atomic mass is 10.1. The number of rotatable bonds is 11. The summed E-state index contributed by atoms with van der Waals surface area (Å²) in [6, 6.07) is 5.16. The zero-order valence-corrected chi connectivity index (χ0v) is 13.1. The minimum atomic E-state index is -0.372. The smallest absolute Gasteiger partial charge is 0.292 e. The van der Waals surface area contributed by atoms with Gasteiger partial charge in [0.05, 0.1) is 11.5 Å². The number of nitrogens with zero attached hydrogens (tertiary/aromatic N) is 1. The van der Waals surface area contributed by atoms with E-state index in [0.29, 0.717) is 18.9 Å². The number of hydrogen-bond acceptors (Lipinski definition) is 4. The quantitative estimate of drug-likeness (QED) is 0.370. The van der Waals surface area contributed by atoms with Gasteiger partial charge in [0.2, 0.25) is 0 Å². The third-order valence-electron chi connectivity index (χ3n) is 3.44. The number of nitro groups is 1. The topological polar surface area (TPSA) is 64.4 Å². The van der Waals surface area contributed by atoms with Gasteiger partial charge >= 0.3 is 0 Å². The molecule has 0 aliphatic carbocycles. The molecule has 0 heterocycles. The van der Waals surface area contributed by atoms with Crippen molar-refractivity contribution in [3.05, 3.63) is 33.9 Å². The molecule has 0 saturated carbocycles. The van der Waals surface area contributed by atoms with E-state index in [2.05, 4.69) is 12.2 Å². The van der Waals surface area contributed by atoms with Gasteiger partial charge in [-0.3, -0.25) is 10.1 Å². The largest absolute Gasteiger partial charge is 0.383 e. The van der Waals surface area contributed by atoms with Gasteiger partial charge in [-0.05, 0) is 18.1 Å². The number of nitro benzene ring substituents is 1. The molecule has 0 amide bonds. The van der Waals surface area contributed by atoms with Crippen molar-refractivity contribution in [2.75, 3.05) is 19.0 Å². The van der Waals surface area contributed by atoms with Gasteiger partial charge in [0.25, 0.3) is 5.69 Å². The van der Waals surface area contributed by atoms with E-state index in [4.69, 9.17) is 4.74 Å². The fraction of sp³-hybridized carbons (Fsp3) is 0.625. The highest BCUT2D eigenvalue weighted by Crippen LogP contribution is 2.25. The average molecular weight is 294 g/mol. The second kappa shape index (κ2) is 10.2. The van der Waals surface area contributed by atoms with Crippen molar-refractivity contribution in [3.8, 4) is 0 Å². The molecule has 5 heteroatoms. The van der Waals surface area contributed by atoms with Crippen LogP contribution in [0.25, 0.3) is 0 Å². The maximum absolute atomic E-state index is 11.0. The molecule has 0 aromatic heterocycles. The van der Waals surface area contributed by atoms with Crippen molar-refractivity contribution < 1.29 is 9.66 Å². The molecule has 1 rings (SSSR count). The Morgan fingerprint density at radius 3 is 2.57 bits per heavy atom. The van der Waals surface area contributed by atoms with Crippen LogP contribution in [0.15, 0.2) is 18.2 Å². The molecule has 0 spiro atoms. The predicted octanol–water partition coefficient (Wildman–Crippen LogP) is 4.51. The Morgan fingerprint density at radius 1 is 1.19 bits per heavy atom. The second-order valence-electron chi connectivity index (χ2n) is 5.18. The lowest BCUT2D eigenvalue weighted by Crippen LogP contribution is -2.00. The number of hydrogen-bond donors (Lipinski definition) is 1. The second-order valence-corrected chi connectivity index (χ2v) is 5.18. The van der Waals surface area contributed by atoms with E-state index in [-0.39, 0.29) is 10.6 Å². The molecule has 0 radical (unpaired) electrons. The Balaban J connectivity index is 2.29. The Morgan fingerprint density at radius 2 is 1.90 bits per heavy atom. The summed E-state index contributed by atoms with van der Waals surface area (Å²) in [5, 5.41) is 13.8. The van der Waals surface area contributed by atoms with E-state index in [9.17, 15) is 10.1 Å². The van der Waals surface area contributed by atoms with Gasteiger partial charge in [-0.15, -0.1) is 0 Å². The highest BCUT2D eigenvalue weighted by atomic mass is 16.6. The van der Waals surface area contributed by atoms with E-state index in [1.165, 1.54) is 32.1 Å². The Hall–Kier alpha value is -1.62. The molecule has 0 saturated heterocycles. The lowest BCUT2D eigenvalue weighted by Gasteiger charge is -2.07. The first-order valence-corrected chi connectivity index (χ1v) is 7.71. The van der Waals surface area contributed by atoms with Crippen LogP contribution in [0.5, 0.6) is 0 Å². The average Bonchev–Trinajstić information content (AvgIpc) is 2.49. The highest BCUT2D eigenvalue weighted by Gasteiger charge is 2.13. The molecule has 1 N–H and O–H groups in total. The summed E-state index contributed by atoms with van der Waals surface area (Å²) in [6.07, 6.45) is 7.38. The van der Waals surface area contributed by atoms with Crippen LogP contribution in [0.3, 0.4) is 0 Å². The maximum Gasteiger partial charge on any atom is 0.292 e. The molecule has 5 nitrogen and oxygen atoms in total. The van der Waals surface area contributed by atoms with Crippen LogP contribution in [0.4, 0.5) is 11.4 Å². The molecule has 0 unspecified atom stereocenters. The SMILES string of the molecule is CCCCCCCCOCc1ccc(NC)c([N+](=O)[O-])c1. The number of nitrogens with one attached hydrogen (secondary N) is 1. The fourth-order valence-corrected chi connectivity index (χ4v) is 2.20. The summed E-state index contributed by atoms with van der Waals surface area (Å²) >= 11 is 0. The monoisotopic (exact) mass is 294 g/mol. The normalized spacial score (nSPS) is 10.6. The molecule has 0 bridgehead atoms. The Kier molecular flexibility index (Phi) is 8.43. The molecular weight excluding hydrogens is 268 g/mol. The first-order valence-electron chi connectivity index (χ1n) is 7.71. The minimum absolute atomic E-state index is 0.0955. The number of ether oxygens (including phenoxy) is 1. The van der Waals surface area contributed by atoms with E-state index < -0.39 is 0 Å². The van der Waals surface area contributed by atoms with Crippen molar-refractivity contribution >= 4 is 11.4 Å². The zero-order chi connectivity index (χ0) is 15.5. The first kappa shape index (κ1) is 17.4. The lowest BCUT2D eigenvalue weighted by molar-refractivity contribution is -0.384. The van der Waals surface area contributed by atoms with E-state index >= 15 is 0 Å². The van der Waals surface area contributed by atoms with Gasteiger partial charge in [0.15, 0.2) is 0 Å². The number of benzene rings is 1. The van der Waals surface area contributed by atoms with Crippen molar-refractivity contribution in [2.45, 2.75) is 52.1 Å². The molecule has 1 aromatic rings. The molecule has 1 aromatic carbocycles. The minimum Gasteiger partial charge on any atom is -0.383 e. The van der Waals surface area contributed by atoms with Crippen LogP contribution < -0.4 is 5.32 Å². The summed E-state index contributed by atoms with van der Waals surface area (Å²) in [6.45, 7) is 3.36.